The summed E-state index contributed by atoms with van der Waals surface area (Å²) in [5.41, 5.74) is 5.72. The minimum absolute atomic E-state index is 0.106. The molecule has 1 amide bonds. The first-order valence-electron chi connectivity index (χ1n) is 9.38. The summed E-state index contributed by atoms with van der Waals surface area (Å²) in [6, 6.07) is 7.76. The third-order valence-corrected chi connectivity index (χ3v) is 5.71. The third kappa shape index (κ3) is 3.96. The van der Waals surface area contributed by atoms with Gasteiger partial charge in [-0.1, -0.05) is 0 Å². The van der Waals surface area contributed by atoms with Gasteiger partial charge in [-0.2, -0.15) is 0 Å². The number of nitrogens with one attached hydrogen (secondary N) is 1. The van der Waals surface area contributed by atoms with Gasteiger partial charge in [-0.25, -0.2) is 9.78 Å². The average molecular weight is 412 g/mol. The first-order valence-corrected chi connectivity index (χ1v) is 10.3. The van der Waals surface area contributed by atoms with E-state index in [1.165, 1.54) is 25.4 Å². The maximum Gasteiger partial charge on any atom is 0.340 e. The van der Waals surface area contributed by atoms with Gasteiger partial charge in [0.25, 0.3) is 0 Å². The Morgan fingerprint density at radius 2 is 1.79 bits per heavy atom. The maximum absolute atomic E-state index is 12.5. The molecule has 3 rings (SSSR count). The molecule has 2 heterocycles. The highest BCUT2D eigenvalue weighted by molar-refractivity contribution is 7.13. The number of amides is 1. The standard InChI is InChI=1S/C22H25N3O3S/c1-12(2)25-13(3)19(20(14(25)4)22(27)28-6)18-11-29-21(24-18)16-7-9-17(10-8-16)23-15(5)26/h7-12H,1-6H3,(H,23,26). The fraction of sp³-hybridized carbons (Fsp3) is 0.318. The minimum atomic E-state index is -0.353. The molecule has 7 heteroatoms. The number of anilines is 1. The lowest BCUT2D eigenvalue weighted by atomic mass is 10.1. The predicted octanol–water partition coefficient (Wildman–Crippen LogP) is 5.22. The van der Waals surface area contributed by atoms with Crippen molar-refractivity contribution in [3.05, 3.63) is 46.6 Å². The number of carbonyl (C=O) groups is 2. The molecule has 2 aromatic heterocycles. The smallest absolute Gasteiger partial charge is 0.340 e. The van der Waals surface area contributed by atoms with Crippen molar-refractivity contribution >= 4 is 28.9 Å². The fourth-order valence-electron chi connectivity index (χ4n) is 3.71. The Labute approximate surface area is 174 Å². The molecule has 6 nitrogen and oxygen atoms in total. The number of aromatic nitrogens is 2. The fourth-order valence-corrected chi connectivity index (χ4v) is 4.53. The van der Waals surface area contributed by atoms with E-state index in [1.807, 2.05) is 43.5 Å². The summed E-state index contributed by atoms with van der Waals surface area (Å²) in [6.45, 7) is 9.61. The van der Waals surface area contributed by atoms with Gasteiger partial charge in [0.1, 0.15) is 5.01 Å². The van der Waals surface area contributed by atoms with Crippen molar-refractivity contribution in [2.24, 2.45) is 0 Å². The molecule has 0 radical (unpaired) electrons. The van der Waals surface area contributed by atoms with E-state index in [9.17, 15) is 9.59 Å². The topological polar surface area (TPSA) is 73.2 Å². The van der Waals surface area contributed by atoms with E-state index in [0.29, 0.717) is 5.56 Å². The van der Waals surface area contributed by atoms with Crippen LogP contribution in [-0.4, -0.2) is 28.5 Å². The SMILES string of the molecule is COC(=O)c1c(-c2csc(-c3ccc(NC(C)=O)cc3)n2)c(C)n(C(C)C)c1C. The summed E-state index contributed by atoms with van der Waals surface area (Å²) >= 11 is 1.52. The van der Waals surface area contributed by atoms with E-state index in [0.717, 1.165) is 38.9 Å². The average Bonchev–Trinajstić information content (AvgIpc) is 3.23. The zero-order valence-corrected chi connectivity index (χ0v) is 18.3. The molecule has 0 aliphatic carbocycles. The highest BCUT2D eigenvalue weighted by Crippen LogP contribution is 2.37. The second kappa shape index (κ2) is 8.21. The van der Waals surface area contributed by atoms with E-state index in [4.69, 9.17) is 9.72 Å². The number of esters is 1. The Morgan fingerprint density at radius 1 is 1.14 bits per heavy atom. The molecule has 0 saturated heterocycles. The Balaban J connectivity index is 2.05. The van der Waals surface area contributed by atoms with Gasteiger partial charge in [0, 0.05) is 46.5 Å². The number of benzene rings is 1. The van der Waals surface area contributed by atoms with Crippen LogP contribution < -0.4 is 5.32 Å². The van der Waals surface area contributed by atoms with Crippen molar-refractivity contribution < 1.29 is 14.3 Å². The van der Waals surface area contributed by atoms with E-state index in [2.05, 4.69) is 23.7 Å². The van der Waals surface area contributed by atoms with Gasteiger partial charge < -0.3 is 14.6 Å². The Morgan fingerprint density at radius 3 is 2.34 bits per heavy atom. The lowest BCUT2D eigenvalue weighted by Crippen LogP contribution is -2.07. The minimum Gasteiger partial charge on any atom is -0.465 e. The van der Waals surface area contributed by atoms with Gasteiger partial charge in [-0.3, -0.25) is 4.79 Å². The first-order chi connectivity index (χ1) is 13.7. The van der Waals surface area contributed by atoms with Crippen LogP contribution >= 0.6 is 11.3 Å². The molecule has 0 saturated carbocycles. The van der Waals surface area contributed by atoms with Crippen molar-refractivity contribution in [2.75, 3.05) is 12.4 Å². The van der Waals surface area contributed by atoms with Crippen LogP contribution in [0.25, 0.3) is 21.8 Å². The van der Waals surface area contributed by atoms with Gasteiger partial charge >= 0.3 is 5.97 Å². The predicted molar refractivity (Wildman–Crippen MR) is 116 cm³/mol. The van der Waals surface area contributed by atoms with Crippen molar-refractivity contribution in [2.45, 2.75) is 40.7 Å². The molecule has 0 spiro atoms. The van der Waals surface area contributed by atoms with Crippen LogP contribution in [0.15, 0.2) is 29.6 Å². The Bertz CT molecular complexity index is 1060. The number of hydrogen-bond acceptors (Lipinski definition) is 5. The highest BCUT2D eigenvalue weighted by Gasteiger charge is 2.27. The number of hydrogen-bond donors (Lipinski definition) is 1. The molecule has 0 bridgehead atoms. The molecule has 0 fully saturated rings. The zero-order valence-electron chi connectivity index (χ0n) is 17.5. The second-order valence-corrected chi connectivity index (χ2v) is 8.03. The summed E-state index contributed by atoms with van der Waals surface area (Å²) in [7, 11) is 1.40. The van der Waals surface area contributed by atoms with E-state index in [1.54, 1.807) is 0 Å². The molecule has 0 atom stereocenters. The Hall–Kier alpha value is -2.93. The molecule has 1 N–H and O–H groups in total. The van der Waals surface area contributed by atoms with Crippen molar-refractivity contribution in [1.82, 2.24) is 9.55 Å². The monoisotopic (exact) mass is 411 g/mol. The van der Waals surface area contributed by atoms with Gasteiger partial charge in [-0.15, -0.1) is 11.3 Å². The molecule has 3 aromatic rings. The highest BCUT2D eigenvalue weighted by atomic mass is 32.1. The van der Waals surface area contributed by atoms with Gasteiger partial charge in [0.05, 0.1) is 18.4 Å². The van der Waals surface area contributed by atoms with Crippen LogP contribution in [0, 0.1) is 13.8 Å². The van der Waals surface area contributed by atoms with Crippen molar-refractivity contribution in [3.63, 3.8) is 0 Å². The molecular weight excluding hydrogens is 386 g/mol. The summed E-state index contributed by atoms with van der Waals surface area (Å²) in [6.07, 6.45) is 0. The van der Waals surface area contributed by atoms with Crippen LogP contribution in [0.2, 0.25) is 0 Å². The zero-order chi connectivity index (χ0) is 21.3. The number of rotatable bonds is 5. The number of thiazole rings is 1. The summed E-state index contributed by atoms with van der Waals surface area (Å²) in [4.78, 5) is 28.5. The number of methoxy groups -OCH3 is 1. The largest absolute Gasteiger partial charge is 0.465 e. The molecular formula is C22H25N3O3S. The number of nitrogens with zero attached hydrogens (tertiary/aromatic N) is 2. The summed E-state index contributed by atoms with van der Waals surface area (Å²) in [5, 5.41) is 5.57. The normalized spacial score (nSPS) is 11.0. The number of carbonyl (C=O) groups excluding carboxylic acids is 2. The van der Waals surface area contributed by atoms with Crippen molar-refractivity contribution in [1.29, 1.82) is 0 Å². The Kier molecular flexibility index (Phi) is 5.88. The van der Waals surface area contributed by atoms with E-state index < -0.39 is 0 Å². The lowest BCUT2D eigenvalue weighted by Gasteiger charge is -2.13. The second-order valence-electron chi connectivity index (χ2n) is 7.17. The van der Waals surface area contributed by atoms with Crippen molar-refractivity contribution in [3.8, 4) is 21.8 Å². The van der Waals surface area contributed by atoms with Crippen LogP contribution in [0.5, 0.6) is 0 Å². The number of ether oxygens (including phenoxy) is 1. The van der Waals surface area contributed by atoms with E-state index in [-0.39, 0.29) is 17.9 Å². The van der Waals surface area contributed by atoms with E-state index >= 15 is 0 Å². The molecule has 29 heavy (non-hydrogen) atoms. The molecule has 1 aromatic carbocycles. The van der Waals surface area contributed by atoms with Crippen LogP contribution in [0.3, 0.4) is 0 Å². The molecule has 152 valence electrons. The third-order valence-electron chi connectivity index (χ3n) is 4.81. The van der Waals surface area contributed by atoms with Gasteiger partial charge in [0.2, 0.25) is 5.91 Å². The van der Waals surface area contributed by atoms with Crippen LogP contribution in [-0.2, 0) is 9.53 Å². The lowest BCUT2D eigenvalue weighted by molar-refractivity contribution is -0.114. The van der Waals surface area contributed by atoms with Gasteiger partial charge in [0.15, 0.2) is 0 Å². The van der Waals surface area contributed by atoms with Gasteiger partial charge in [-0.05, 0) is 52.0 Å². The summed E-state index contributed by atoms with van der Waals surface area (Å²) < 4.78 is 7.19. The molecule has 0 unspecified atom stereocenters. The first kappa shape index (κ1) is 20.8. The summed E-state index contributed by atoms with van der Waals surface area (Å²) in [5.74, 6) is -0.459. The maximum atomic E-state index is 12.5. The van der Waals surface area contributed by atoms with Crippen LogP contribution in [0.1, 0.15) is 48.6 Å². The quantitative estimate of drug-likeness (QED) is 0.584. The molecule has 0 aliphatic rings. The van der Waals surface area contributed by atoms with Crippen LogP contribution in [0.4, 0.5) is 5.69 Å². The molecule has 0 aliphatic heterocycles.